The maximum absolute atomic E-state index is 8.02. The molecule has 0 atom stereocenters. The normalized spacial score (nSPS) is 9.42. The lowest BCUT2D eigenvalue weighted by Crippen LogP contribution is -2.33. The van der Waals surface area contributed by atoms with Crippen LogP contribution in [0, 0.1) is 0 Å². The summed E-state index contributed by atoms with van der Waals surface area (Å²) in [5.41, 5.74) is 8.02. The smallest absolute Gasteiger partial charge is 0.191 e. The lowest BCUT2D eigenvalue weighted by Gasteiger charge is -1.84. The van der Waals surface area contributed by atoms with Gasteiger partial charge in [-0.15, -0.1) is 0 Å². The van der Waals surface area contributed by atoms with Gasteiger partial charge in [0, 0.05) is 17.9 Å². The Morgan fingerprint density at radius 3 is 3.25 bits per heavy atom. The zero-order valence-electron chi connectivity index (χ0n) is 6.93. The summed E-state index contributed by atoms with van der Waals surface area (Å²) in [6.07, 6.45) is 2.39. The number of hydrogen-bond acceptors (Lipinski definition) is 2. The Labute approximate surface area is 69.9 Å². The minimum atomic E-state index is 0.452. The molecule has 0 saturated heterocycles. The third kappa shape index (κ3) is 2.25. The van der Waals surface area contributed by atoms with E-state index in [1.54, 1.807) is 6.33 Å². The predicted molar refractivity (Wildman–Crippen MR) is 42.2 cm³/mol. The third-order valence-electron chi connectivity index (χ3n) is 1.48. The molecule has 6 heteroatoms. The van der Waals surface area contributed by atoms with Crippen LogP contribution >= 0.6 is 0 Å². The molecule has 0 aliphatic rings. The summed E-state index contributed by atoms with van der Waals surface area (Å²) in [5.74, 6) is 0.851. The predicted octanol–water partition coefficient (Wildman–Crippen LogP) is 0.570. The number of nitrogens with one attached hydrogen (secondary N) is 1. The summed E-state index contributed by atoms with van der Waals surface area (Å²) < 4.78 is 1.87. The van der Waals surface area contributed by atoms with E-state index in [1.807, 2.05) is 11.6 Å². The minimum Gasteiger partial charge on any atom is -0.191 e. The van der Waals surface area contributed by atoms with Gasteiger partial charge in [-0.25, -0.2) is 0 Å². The van der Waals surface area contributed by atoms with Crippen molar-refractivity contribution in [3.8, 4) is 0 Å². The zero-order valence-corrected chi connectivity index (χ0v) is 6.93. The Kier molecular flexibility index (Phi) is 3.10. The van der Waals surface area contributed by atoms with Crippen LogP contribution in [0.3, 0.4) is 0 Å². The van der Waals surface area contributed by atoms with E-state index in [2.05, 4.69) is 20.1 Å². The van der Waals surface area contributed by atoms with E-state index in [9.17, 15) is 0 Å². The highest BCUT2D eigenvalue weighted by atomic mass is 15.3. The van der Waals surface area contributed by atoms with Gasteiger partial charge in [-0.05, 0) is 17.4 Å². The molecule has 0 aliphatic carbocycles. The molecule has 0 unspecified atom stereocenters. The van der Waals surface area contributed by atoms with Crippen molar-refractivity contribution >= 4 is 0 Å². The third-order valence-corrected chi connectivity index (χ3v) is 1.48. The Hall–Kier alpha value is -1.55. The summed E-state index contributed by atoms with van der Waals surface area (Å²) in [7, 11) is 0. The van der Waals surface area contributed by atoms with E-state index in [4.69, 9.17) is 5.53 Å². The highest BCUT2D eigenvalue weighted by Gasteiger charge is 2.04. The van der Waals surface area contributed by atoms with E-state index >= 15 is 0 Å². The summed E-state index contributed by atoms with van der Waals surface area (Å²) >= 11 is 0. The molecule has 0 spiro atoms. The van der Waals surface area contributed by atoms with Gasteiger partial charge in [-0.2, -0.15) is 9.78 Å². The number of H-pyrrole nitrogens is 1. The molecule has 12 heavy (non-hydrogen) atoms. The molecule has 0 amide bonds. The van der Waals surface area contributed by atoms with Crippen LogP contribution in [-0.4, -0.2) is 16.6 Å². The van der Waals surface area contributed by atoms with Crippen LogP contribution in [-0.2, 0) is 13.0 Å². The van der Waals surface area contributed by atoms with Gasteiger partial charge in [0.1, 0.15) is 6.54 Å². The summed E-state index contributed by atoms with van der Waals surface area (Å²) in [5, 5.41) is 6.46. The maximum atomic E-state index is 8.02. The molecule has 6 nitrogen and oxygen atoms in total. The fourth-order valence-corrected chi connectivity index (χ4v) is 0.845. The number of azide groups is 1. The lowest BCUT2D eigenvalue weighted by atomic mass is 10.4. The average molecular weight is 167 g/mol. The van der Waals surface area contributed by atoms with Gasteiger partial charge < -0.3 is 0 Å². The highest BCUT2D eigenvalue weighted by Crippen LogP contribution is 1.87. The molecule has 64 valence electrons. The fourth-order valence-electron chi connectivity index (χ4n) is 0.845. The minimum absolute atomic E-state index is 0.452. The van der Waals surface area contributed by atoms with Crippen LogP contribution in [0.5, 0.6) is 0 Å². The van der Waals surface area contributed by atoms with Gasteiger partial charge in [-0.1, -0.05) is 5.11 Å². The second-order valence-electron chi connectivity index (χ2n) is 2.29. The van der Waals surface area contributed by atoms with Crippen molar-refractivity contribution in [1.29, 1.82) is 0 Å². The standard InChI is InChI=1S/C6H10N6/c1-2-12-5-8-6(10-12)3-4-9-11-7/h5H,2-4H2,1H3/p+1. The van der Waals surface area contributed by atoms with Crippen molar-refractivity contribution < 1.29 is 4.68 Å². The molecule has 0 saturated carbocycles. The van der Waals surface area contributed by atoms with Crippen molar-refractivity contribution in [2.75, 3.05) is 6.54 Å². The fraction of sp³-hybridized carbons (Fsp3) is 0.667. The van der Waals surface area contributed by atoms with Gasteiger partial charge >= 0.3 is 6.33 Å². The molecule has 1 aromatic rings. The Morgan fingerprint density at radius 2 is 2.67 bits per heavy atom. The topological polar surface area (TPSA) is 81.3 Å². The Bertz CT molecular complexity index is 284. The number of aromatic amines is 1. The summed E-state index contributed by atoms with van der Waals surface area (Å²) in [6, 6.07) is 0. The second kappa shape index (κ2) is 4.35. The van der Waals surface area contributed by atoms with Crippen LogP contribution in [0.2, 0.25) is 0 Å². The van der Waals surface area contributed by atoms with Crippen LogP contribution in [0.25, 0.3) is 10.4 Å². The van der Waals surface area contributed by atoms with Gasteiger partial charge in [-0.3, -0.25) is 0 Å². The first-order valence-corrected chi connectivity index (χ1v) is 3.81. The quantitative estimate of drug-likeness (QED) is 0.302. The first-order valence-electron chi connectivity index (χ1n) is 3.81. The van der Waals surface area contributed by atoms with Crippen LogP contribution in [0.1, 0.15) is 12.7 Å². The van der Waals surface area contributed by atoms with Crippen molar-refractivity contribution in [3.05, 3.63) is 22.6 Å². The summed E-state index contributed by atoms with van der Waals surface area (Å²) in [4.78, 5) is 6.74. The van der Waals surface area contributed by atoms with Gasteiger partial charge in [0.15, 0.2) is 0 Å². The molecular weight excluding hydrogens is 156 g/mol. The molecule has 0 fully saturated rings. The van der Waals surface area contributed by atoms with E-state index in [-0.39, 0.29) is 0 Å². The van der Waals surface area contributed by atoms with Crippen molar-refractivity contribution in [1.82, 2.24) is 10.1 Å². The van der Waals surface area contributed by atoms with E-state index < -0.39 is 0 Å². The largest absolute Gasteiger partial charge is 0.307 e. The molecule has 1 heterocycles. The van der Waals surface area contributed by atoms with Crippen LogP contribution in [0.4, 0.5) is 0 Å². The second-order valence-corrected chi connectivity index (χ2v) is 2.29. The van der Waals surface area contributed by atoms with Crippen molar-refractivity contribution in [2.24, 2.45) is 5.11 Å². The Balaban J connectivity index is 2.46. The van der Waals surface area contributed by atoms with Crippen LogP contribution in [0.15, 0.2) is 11.4 Å². The zero-order chi connectivity index (χ0) is 8.81. The molecule has 0 aromatic carbocycles. The number of aromatic nitrogens is 3. The highest BCUT2D eigenvalue weighted by molar-refractivity contribution is 4.77. The van der Waals surface area contributed by atoms with Crippen molar-refractivity contribution in [2.45, 2.75) is 19.9 Å². The first-order chi connectivity index (χ1) is 5.86. The van der Waals surface area contributed by atoms with Gasteiger partial charge in [0.25, 0.3) is 5.82 Å². The molecule has 1 N–H and O–H groups in total. The summed E-state index contributed by atoms with van der Waals surface area (Å²) in [6.45, 7) is 3.34. The van der Waals surface area contributed by atoms with E-state index in [1.165, 1.54) is 0 Å². The monoisotopic (exact) mass is 167 g/mol. The first kappa shape index (κ1) is 8.55. The van der Waals surface area contributed by atoms with Crippen molar-refractivity contribution in [3.63, 3.8) is 0 Å². The number of aryl methyl sites for hydroxylation is 1. The van der Waals surface area contributed by atoms with Gasteiger partial charge in [0.2, 0.25) is 0 Å². The molecule has 1 aromatic heterocycles. The molecule has 0 bridgehead atoms. The average Bonchev–Trinajstić information content (AvgIpc) is 2.53. The number of nitrogens with zero attached hydrogens (tertiary/aromatic N) is 5. The van der Waals surface area contributed by atoms with E-state index in [0.717, 1.165) is 12.4 Å². The molecule has 0 aliphatic heterocycles. The van der Waals surface area contributed by atoms with E-state index in [0.29, 0.717) is 13.0 Å². The molecule has 0 radical (unpaired) electrons. The molecular formula is C6H11N6+. The lowest BCUT2D eigenvalue weighted by molar-refractivity contribution is -0.748. The molecule has 1 rings (SSSR count). The van der Waals surface area contributed by atoms with Gasteiger partial charge in [0.05, 0.1) is 0 Å². The SMILES string of the molecule is CC[n+]1cnc(CCN=[N+]=[N-])[nH]1. The number of rotatable bonds is 4. The Morgan fingerprint density at radius 1 is 1.83 bits per heavy atom. The maximum Gasteiger partial charge on any atom is 0.307 e. The van der Waals surface area contributed by atoms with Crippen LogP contribution < -0.4 is 4.68 Å². The number of hydrogen-bond donors (Lipinski definition) is 1.